The molecule has 1 N–H and O–H groups in total. The van der Waals surface area contributed by atoms with Crippen LogP contribution in [0, 0.1) is 13.8 Å². The fourth-order valence-electron chi connectivity index (χ4n) is 3.19. The van der Waals surface area contributed by atoms with E-state index >= 15 is 0 Å². The average Bonchev–Trinajstić information content (AvgIpc) is 3.05. The Morgan fingerprint density at radius 3 is 2.03 bits per heavy atom. The van der Waals surface area contributed by atoms with Crippen molar-refractivity contribution in [2.24, 2.45) is 0 Å². The first kappa shape index (κ1) is 23.8. The van der Waals surface area contributed by atoms with Gasteiger partial charge in [0.15, 0.2) is 17.6 Å². The maximum absolute atomic E-state index is 12.9. The van der Waals surface area contributed by atoms with E-state index in [0.29, 0.717) is 22.6 Å². The Bertz CT molecular complexity index is 967. The molecule has 0 fully saturated rings. The van der Waals surface area contributed by atoms with Crippen LogP contribution in [0.4, 0.5) is 0 Å². The lowest BCUT2D eigenvalue weighted by Crippen LogP contribution is -2.25. The molecule has 1 aromatic heterocycles. The first-order chi connectivity index (χ1) is 14.7. The number of methoxy groups -OCH3 is 3. The number of rotatable bonds is 9. The standard InChI is InChI=1S/C22H27NO8/c1-8-30-22(26)17-11(2)18(23-12(17)3)19(24)13(4)31-21(25)14-9-15(27-5)20(29-7)16(10-14)28-6/h9-10,13,23H,8H2,1-7H3. The molecule has 0 spiro atoms. The number of hydrogen-bond donors (Lipinski definition) is 1. The zero-order chi connectivity index (χ0) is 23.3. The SMILES string of the molecule is CCOC(=O)c1c(C)[nH]c(C(=O)C(C)OC(=O)c2cc(OC)c(OC)c(OC)c2)c1C. The molecule has 9 nitrogen and oxygen atoms in total. The summed E-state index contributed by atoms with van der Waals surface area (Å²) in [6, 6.07) is 2.87. The van der Waals surface area contributed by atoms with Crippen LogP contribution in [0.2, 0.25) is 0 Å². The van der Waals surface area contributed by atoms with Crippen LogP contribution in [0.1, 0.15) is 56.3 Å². The number of carbonyl (C=O) groups is 3. The maximum Gasteiger partial charge on any atom is 0.340 e. The second-order valence-electron chi connectivity index (χ2n) is 6.67. The van der Waals surface area contributed by atoms with Gasteiger partial charge in [0.2, 0.25) is 11.5 Å². The van der Waals surface area contributed by atoms with Crippen molar-refractivity contribution < 1.29 is 38.1 Å². The normalized spacial score (nSPS) is 11.5. The number of nitrogens with one attached hydrogen (secondary N) is 1. The molecule has 2 aromatic rings. The van der Waals surface area contributed by atoms with E-state index in [0.717, 1.165) is 0 Å². The molecule has 1 unspecified atom stereocenters. The van der Waals surface area contributed by atoms with Gasteiger partial charge in [0.25, 0.3) is 0 Å². The third-order valence-electron chi connectivity index (χ3n) is 4.72. The van der Waals surface area contributed by atoms with E-state index < -0.39 is 23.8 Å². The Labute approximate surface area is 180 Å². The molecule has 168 valence electrons. The summed E-state index contributed by atoms with van der Waals surface area (Å²) in [5, 5.41) is 0. The summed E-state index contributed by atoms with van der Waals surface area (Å²) in [4.78, 5) is 40.6. The van der Waals surface area contributed by atoms with Crippen molar-refractivity contribution >= 4 is 17.7 Å². The summed E-state index contributed by atoms with van der Waals surface area (Å²) in [5.74, 6) is -0.849. The Kier molecular flexibility index (Phi) is 7.68. The van der Waals surface area contributed by atoms with Crippen LogP contribution in [-0.4, -0.2) is 56.7 Å². The maximum atomic E-state index is 12.9. The molecule has 0 radical (unpaired) electrons. The topological polar surface area (TPSA) is 113 Å². The van der Waals surface area contributed by atoms with E-state index in [9.17, 15) is 14.4 Å². The van der Waals surface area contributed by atoms with Gasteiger partial charge in [-0.25, -0.2) is 9.59 Å². The molecule has 9 heteroatoms. The zero-order valence-electron chi connectivity index (χ0n) is 18.7. The number of aromatic nitrogens is 1. The van der Waals surface area contributed by atoms with Crippen LogP contribution in [0.5, 0.6) is 17.2 Å². The number of carbonyl (C=O) groups excluding carboxylic acids is 3. The largest absolute Gasteiger partial charge is 0.493 e. The summed E-state index contributed by atoms with van der Waals surface area (Å²) in [6.45, 7) is 6.68. The minimum absolute atomic E-state index is 0.126. The molecule has 31 heavy (non-hydrogen) atoms. The van der Waals surface area contributed by atoms with Crippen LogP contribution in [0.25, 0.3) is 0 Å². The molecule has 0 aliphatic rings. The number of esters is 2. The van der Waals surface area contributed by atoms with Crippen LogP contribution in [-0.2, 0) is 9.47 Å². The number of aryl methyl sites for hydroxylation is 1. The summed E-state index contributed by atoms with van der Waals surface area (Å²) < 4.78 is 26.1. The van der Waals surface area contributed by atoms with E-state index in [1.807, 2.05) is 0 Å². The molecular formula is C22H27NO8. The van der Waals surface area contributed by atoms with E-state index in [1.54, 1.807) is 20.8 Å². The van der Waals surface area contributed by atoms with Crippen LogP contribution < -0.4 is 14.2 Å². The predicted octanol–water partition coefficient (Wildman–Crippen LogP) is 3.26. The first-order valence-electron chi connectivity index (χ1n) is 9.61. The second kappa shape index (κ2) is 10.0. The average molecular weight is 433 g/mol. The quantitative estimate of drug-likeness (QED) is 0.474. The lowest BCUT2D eigenvalue weighted by Gasteiger charge is -2.15. The van der Waals surface area contributed by atoms with E-state index in [2.05, 4.69) is 4.98 Å². The van der Waals surface area contributed by atoms with E-state index in [-0.39, 0.29) is 29.4 Å². The van der Waals surface area contributed by atoms with Gasteiger partial charge < -0.3 is 28.7 Å². The number of H-pyrrole nitrogens is 1. The highest BCUT2D eigenvalue weighted by Gasteiger charge is 2.28. The van der Waals surface area contributed by atoms with Crippen molar-refractivity contribution in [2.45, 2.75) is 33.8 Å². The number of ketones is 1. The Hall–Kier alpha value is -3.49. The van der Waals surface area contributed by atoms with Gasteiger partial charge in [-0.15, -0.1) is 0 Å². The van der Waals surface area contributed by atoms with Gasteiger partial charge in [0.1, 0.15) is 0 Å². The van der Waals surface area contributed by atoms with Crippen molar-refractivity contribution in [1.29, 1.82) is 0 Å². The molecule has 1 heterocycles. The van der Waals surface area contributed by atoms with Crippen molar-refractivity contribution in [1.82, 2.24) is 4.98 Å². The summed E-state index contributed by atoms with van der Waals surface area (Å²) in [5.41, 5.74) is 1.55. The minimum atomic E-state index is -1.11. The lowest BCUT2D eigenvalue weighted by molar-refractivity contribution is 0.0316. The monoisotopic (exact) mass is 433 g/mol. The number of benzene rings is 1. The number of aromatic amines is 1. The highest BCUT2D eigenvalue weighted by atomic mass is 16.6. The summed E-state index contributed by atoms with van der Waals surface area (Å²) in [7, 11) is 4.30. The van der Waals surface area contributed by atoms with Crippen molar-refractivity contribution in [2.75, 3.05) is 27.9 Å². The fraction of sp³-hybridized carbons (Fsp3) is 0.409. The molecule has 0 saturated heterocycles. The predicted molar refractivity (Wildman–Crippen MR) is 112 cm³/mol. The second-order valence-corrected chi connectivity index (χ2v) is 6.67. The number of Topliss-reactive ketones (excluding diaryl/α,β-unsaturated/α-hetero) is 1. The van der Waals surface area contributed by atoms with Crippen LogP contribution >= 0.6 is 0 Å². The van der Waals surface area contributed by atoms with Gasteiger partial charge in [0, 0.05) is 5.69 Å². The van der Waals surface area contributed by atoms with Gasteiger partial charge in [-0.1, -0.05) is 0 Å². The number of ether oxygens (including phenoxy) is 5. The van der Waals surface area contributed by atoms with Crippen molar-refractivity contribution in [3.05, 3.63) is 40.2 Å². The smallest absolute Gasteiger partial charge is 0.340 e. The van der Waals surface area contributed by atoms with Gasteiger partial charge >= 0.3 is 11.9 Å². The van der Waals surface area contributed by atoms with Gasteiger partial charge in [-0.3, -0.25) is 4.79 Å². The van der Waals surface area contributed by atoms with E-state index in [1.165, 1.54) is 40.4 Å². The van der Waals surface area contributed by atoms with Crippen LogP contribution in [0.15, 0.2) is 12.1 Å². The molecule has 0 amide bonds. The lowest BCUT2D eigenvalue weighted by atomic mass is 10.1. The Morgan fingerprint density at radius 1 is 0.968 bits per heavy atom. The highest BCUT2D eigenvalue weighted by Crippen LogP contribution is 2.38. The summed E-state index contributed by atoms with van der Waals surface area (Å²) >= 11 is 0. The number of hydrogen-bond acceptors (Lipinski definition) is 8. The summed E-state index contributed by atoms with van der Waals surface area (Å²) in [6.07, 6.45) is -1.11. The van der Waals surface area contributed by atoms with E-state index in [4.69, 9.17) is 23.7 Å². The highest BCUT2D eigenvalue weighted by molar-refractivity contribution is 6.04. The Morgan fingerprint density at radius 2 is 1.55 bits per heavy atom. The molecular weight excluding hydrogens is 406 g/mol. The molecule has 0 bridgehead atoms. The fourth-order valence-corrected chi connectivity index (χ4v) is 3.19. The molecule has 0 saturated carbocycles. The molecule has 0 aliphatic carbocycles. The Balaban J connectivity index is 2.27. The molecule has 0 aliphatic heterocycles. The molecule has 2 rings (SSSR count). The first-order valence-corrected chi connectivity index (χ1v) is 9.61. The van der Waals surface area contributed by atoms with Crippen LogP contribution in [0.3, 0.4) is 0 Å². The zero-order valence-corrected chi connectivity index (χ0v) is 18.7. The van der Waals surface area contributed by atoms with Gasteiger partial charge in [0.05, 0.1) is 44.8 Å². The van der Waals surface area contributed by atoms with Gasteiger partial charge in [-0.2, -0.15) is 0 Å². The third-order valence-corrected chi connectivity index (χ3v) is 4.72. The van der Waals surface area contributed by atoms with Crippen molar-refractivity contribution in [3.8, 4) is 17.2 Å². The van der Waals surface area contributed by atoms with Gasteiger partial charge in [-0.05, 0) is 45.4 Å². The molecule has 1 aromatic carbocycles. The van der Waals surface area contributed by atoms with Crippen molar-refractivity contribution in [3.63, 3.8) is 0 Å². The third kappa shape index (κ3) is 4.82. The molecule has 1 atom stereocenters. The minimum Gasteiger partial charge on any atom is -0.493 e.